The zero-order valence-corrected chi connectivity index (χ0v) is 23.4. The van der Waals surface area contributed by atoms with E-state index in [1.807, 2.05) is 55.8 Å². The van der Waals surface area contributed by atoms with E-state index in [0.29, 0.717) is 23.3 Å². The molecule has 40 heavy (non-hydrogen) atoms. The highest BCUT2D eigenvalue weighted by atomic mass is 16.1. The van der Waals surface area contributed by atoms with Gasteiger partial charge >= 0.3 is 0 Å². The largest absolute Gasteiger partial charge is 0.386 e. The van der Waals surface area contributed by atoms with Gasteiger partial charge < -0.3 is 16.8 Å². The van der Waals surface area contributed by atoms with Gasteiger partial charge in [-0.3, -0.25) is 14.3 Å². The fraction of sp³-hybridized carbons (Fsp3) is 0.290. The van der Waals surface area contributed by atoms with Crippen molar-refractivity contribution < 1.29 is 4.79 Å². The molecule has 1 aliphatic heterocycles. The van der Waals surface area contributed by atoms with Crippen molar-refractivity contribution in [3.63, 3.8) is 0 Å². The van der Waals surface area contributed by atoms with E-state index in [9.17, 15) is 4.79 Å². The summed E-state index contributed by atoms with van der Waals surface area (Å²) in [5, 5.41) is 3.16. The van der Waals surface area contributed by atoms with Crippen LogP contribution in [-0.4, -0.2) is 56.9 Å². The number of nitrogens with one attached hydrogen (secondary N) is 1. The fourth-order valence-corrected chi connectivity index (χ4v) is 4.75. The predicted octanol–water partition coefficient (Wildman–Crippen LogP) is 4.33. The second kappa shape index (κ2) is 13.6. The van der Waals surface area contributed by atoms with E-state index in [-0.39, 0.29) is 0 Å². The van der Waals surface area contributed by atoms with E-state index in [2.05, 4.69) is 39.5 Å². The van der Waals surface area contributed by atoms with Crippen molar-refractivity contribution in [1.82, 2.24) is 29.7 Å². The van der Waals surface area contributed by atoms with Crippen LogP contribution in [0.4, 0.5) is 5.82 Å². The number of carbonyl (C=O) groups excluding carboxylic acids is 1. The Kier molecular flexibility index (Phi) is 9.77. The van der Waals surface area contributed by atoms with E-state index in [1.54, 1.807) is 12.3 Å². The van der Waals surface area contributed by atoms with Crippen molar-refractivity contribution in [2.45, 2.75) is 39.3 Å². The van der Waals surface area contributed by atoms with Crippen molar-refractivity contribution >= 4 is 29.0 Å². The Morgan fingerprint density at radius 3 is 2.48 bits per heavy atom. The monoisotopic (exact) mass is 538 g/mol. The number of allylic oxidation sites excluding steroid dienone is 3. The second-order valence-corrected chi connectivity index (χ2v) is 9.38. The lowest BCUT2D eigenvalue weighted by Gasteiger charge is -2.30. The van der Waals surface area contributed by atoms with Crippen LogP contribution in [0.2, 0.25) is 0 Å². The molecule has 1 fully saturated rings. The minimum Gasteiger partial charge on any atom is -0.386 e. The molecule has 9 nitrogen and oxygen atoms in total. The number of rotatable bonds is 8. The SMILES string of the molecule is CC.CN/C(=C\C=C/C=O)c1ccc2nc(-c3cccnc3N)n(-c3ccc(CN4CCC(N)CC4)cc3)c2n1. The molecular weight excluding hydrogens is 500 g/mol. The van der Waals surface area contributed by atoms with Gasteiger partial charge in [0.25, 0.3) is 0 Å². The molecule has 0 bridgehead atoms. The van der Waals surface area contributed by atoms with Gasteiger partial charge in [-0.05, 0) is 80.0 Å². The number of aromatic nitrogens is 4. The van der Waals surface area contributed by atoms with E-state index < -0.39 is 0 Å². The molecular formula is C31H38N8O. The number of pyridine rings is 2. The molecule has 0 aliphatic carbocycles. The number of carbonyl (C=O) groups is 1. The Morgan fingerprint density at radius 2 is 1.80 bits per heavy atom. The second-order valence-electron chi connectivity index (χ2n) is 9.38. The summed E-state index contributed by atoms with van der Waals surface area (Å²) >= 11 is 0. The summed E-state index contributed by atoms with van der Waals surface area (Å²) < 4.78 is 2.02. The molecule has 0 amide bonds. The lowest BCUT2D eigenvalue weighted by molar-refractivity contribution is -0.104. The highest BCUT2D eigenvalue weighted by Gasteiger charge is 2.20. The zero-order valence-electron chi connectivity index (χ0n) is 23.4. The Labute approximate surface area is 235 Å². The highest BCUT2D eigenvalue weighted by Crippen LogP contribution is 2.31. The maximum Gasteiger partial charge on any atom is 0.165 e. The predicted molar refractivity (Wildman–Crippen MR) is 163 cm³/mol. The van der Waals surface area contributed by atoms with Crippen molar-refractivity contribution in [3.05, 3.63) is 84.2 Å². The van der Waals surface area contributed by atoms with Crippen LogP contribution < -0.4 is 16.8 Å². The van der Waals surface area contributed by atoms with Gasteiger partial charge in [-0.1, -0.05) is 32.1 Å². The highest BCUT2D eigenvalue weighted by molar-refractivity contribution is 5.84. The molecule has 0 spiro atoms. The van der Waals surface area contributed by atoms with Crippen molar-refractivity contribution in [1.29, 1.82) is 0 Å². The Hall–Kier alpha value is -4.34. The summed E-state index contributed by atoms with van der Waals surface area (Å²) in [4.78, 5) is 27.3. The lowest BCUT2D eigenvalue weighted by Crippen LogP contribution is -2.39. The summed E-state index contributed by atoms with van der Waals surface area (Å²) in [5.41, 5.74) is 18.2. The average Bonchev–Trinajstić information content (AvgIpc) is 3.37. The van der Waals surface area contributed by atoms with Crippen molar-refractivity contribution in [2.75, 3.05) is 25.9 Å². The number of likely N-dealkylation sites (tertiary alicyclic amines) is 1. The molecule has 9 heteroatoms. The van der Waals surface area contributed by atoms with Crippen LogP contribution in [0.1, 0.15) is 37.9 Å². The minimum absolute atomic E-state index is 0.318. The third-order valence-corrected chi connectivity index (χ3v) is 6.81. The number of hydrogen-bond acceptors (Lipinski definition) is 8. The number of nitrogen functional groups attached to an aromatic ring is 1. The average molecular weight is 539 g/mol. The molecule has 1 saturated heterocycles. The normalized spacial score (nSPS) is 14.8. The molecule has 3 aromatic heterocycles. The number of aldehydes is 1. The minimum atomic E-state index is 0.318. The van der Waals surface area contributed by atoms with Gasteiger partial charge in [-0.2, -0.15) is 0 Å². The van der Waals surface area contributed by atoms with Gasteiger partial charge in [0.2, 0.25) is 0 Å². The van der Waals surface area contributed by atoms with Gasteiger partial charge in [-0.25, -0.2) is 15.0 Å². The van der Waals surface area contributed by atoms with E-state index in [4.69, 9.17) is 21.4 Å². The molecule has 0 radical (unpaired) electrons. The number of fused-ring (bicyclic) bond motifs is 1. The molecule has 208 valence electrons. The number of imidazole rings is 1. The Bertz CT molecular complexity index is 1480. The molecule has 0 atom stereocenters. The molecule has 4 heterocycles. The van der Waals surface area contributed by atoms with Crippen LogP contribution in [0.25, 0.3) is 33.9 Å². The maximum atomic E-state index is 10.7. The van der Waals surface area contributed by atoms with Gasteiger partial charge in [0.15, 0.2) is 11.5 Å². The quantitative estimate of drug-likeness (QED) is 0.172. The van der Waals surface area contributed by atoms with Gasteiger partial charge in [0.1, 0.15) is 17.6 Å². The van der Waals surface area contributed by atoms with Gasteiger partial charge in [0.05, 0.1) is 17.0 Å². The first kappa shape index (κ1) is 28.7. The van der Waals surface area contributed by atoms with Crippen molar-refractivity contribution in [3.8, 4) is 17.1 Å². The summed E-state index contributed by atoms with van der Waals surface area (Å²) in [6.45, 7) is 6.94. The Balaban J connectivity index is 0.00000181. The first-order valence-electron chi connectivity index (χ1n) is 13.7. The van der Waals surface area contributed by atoms with Crippen LogP contribution in [-0.2, 0) is 11.3 Å². The Morgan fingerprint density at radius 1 is 1.05 bits per heavy atom. The molecule has 1 aliphatic rings. The third kappa shape index (κ3) is 6.44. The van der Waals surface area contributed by atoms with Crippen LogP contribution in [0, 0.1) is 0 Å². The number of hydrogen-bond donors (Lipinski definition) is 3. The van der Waals surface area contributed by atoms with Crippen LogP contribution >= 0.6 is 0 Å². The number of anilines is 1. The molecule has 4 aromatic rings. The van der Waals surface area contributed by atoms with Crippen LogP contribution in [0.15, 0.2) is 73.0 Å². The first-order chi connectivity index (χ1) is 19.6. The van der Waals surface area contributed by atoms with Gasteiger partial charge in [0, 0.05) is 31.5 Å². The summed E-state index contributed by atoms with van der Waals surface area (Å²) in [6.07, 6.45) is 9.41. The summed E-state index contributed by atoms with van der Waals surface area (Å²) in [6, 6.07) is 16.4. The van der Waals surface area contributed by atoms with Crippen LogP contribution in [0.3, 0.4) is 0 Å². The van der Waals surface area contributed by atoms with E-state index in [1.165, 1.54) is 11.6 Å². The molecule has 5 N–H and O–H groups in total. The topological polar surface area (TPSA) is 128 Å². The fourth-order valence-electron chi connectivity index (χ4n) is 4.75. The molecule has 0 unspecified atom stereocenters. The number of nitrogens with zero attached hydrogens (tertiary/aromatic N) is 5. The number of benzene rings is 1. The van der Waals surface area contributed by atoms with Crippen LogP contribution in [0.5, 0.6) is 0 Å². The smallest absolute Gasteiger partial charge is 0.165 e. The van der Waals surface area contributed by atoms with Gasteiger partial charge in [-0.15, -0.1) is 0 Å². The van der Waals surface area contributed by atoms with E-state index in [0.717, 1.165) is 66.9 Å². The van der Waals surface area contributed by atoms with Crippen molar-refractivity contribution in [2.24, 2.45) is 5.73 Å². The van der Waals surface area contributed by atoms with E-state index >= 15 is 0 Å². The molecule has 1 aromatic carbocycles. The lowest BCUT2D eigenvalue weighted by atomic mass is 10.1. The number of nitrogens with two attached hydrogens (primary N) is 2. The first-order valence-corrected chi connectivity index (χ1v) is 13.7. The standard InChI is InChI=1S/C29H32N8O.C2H6/c1-32-24(6-2-3-18-38)25-11-12-26-29(34-25)37(28(35-26)23-5-4-15-33-27(23)31)22-9-7-20(8-10-22)19-36-16-13-21(30)14-17-36;1-2/h2-12,15,18,21,32H,13-14,16-17,19,30H2,1H3,(H2,31,33);1-2H3/b3-2-,24-6-;. The molecule has 0 saturated carbocycles. The summed E-state index contributed by atoms with van der Waals surface area (Å²) in [7, 11) is 1.82. The molecule has 5 rings (SSSR count). The zero-order chi connectivity index (χ0) is 28.5. The third-order valence-electron chi connectivity index (χ3n) is 6.81. The maximum absolute atomic E-state index is 10.7. The summed E-state index contributed by atoms with van der Waals surface area (Å²) in [5.74, 6) is 1.07. The number of piperidine rings is 1.